The van der Waals surface area contributed by atoms with E-state index in [1.165, 1.54) is 11.1 Å². The largest absolute Gasteiger partial charge is 0.318 e. The molecular formula is C18H19N3O. The van der Waals surface area contributed by atoms with E-state index < -0.39 is 0 Å². The highest BCUT2D eigenvalue weighted by Crippen LogP contribution is 2.33. The molecule has 2 aromatic rings. The molecule has 112 valence electrons. The van der Waals surface area contributed by atoms with Gasteiger partial charge in [-0.1, -0.05) is 29.8 Å². The van der Waals surface area contributed by atoms with Gasteiger partial charge in [-0.3, -0.25) is 15.1 Å². The third-order valence-corrected chi connectivity index (χ3v) is 4.75. The molecule has 1 aromatic heterocycles. The zero-order chi connectivity index (χ0) is 15.2. The van der Waals surface area contributed by atoms with Crippen LogP contribution in [-0.4, -0.2) is 34.5 Å². The Hall–Kier alpha value is -2.20. The minimum atomic E-state index is -0.326. The Morgan fingerprint density at radius 3 is 2.91 bits per heavy atom. The summed E-state index contributed by atoms with van der Waals surface area (Å²) in [5.74, 6) is 0.103. The topological polar surface area (TPSA) is 45.2 Å². The molecule has 4 rings (SSSR count). The lowest BCUT2D eigenvalue weighted by atomic mass is 9.88. The Bertz CT molecular complexity index is 725. The average Bonchev–Trinajstić information content (AvgIpc) is 2.94. The second-order valence-corrected chi connectivity index (χ2v) is 6.25. The van der Waals surface area contributed by atoms with Gasteiger partial charge in [-0.2, -0.15) is 0 Å². The summed E-state index contributed by atoms with van der Waals surface area (Å²) in [4.78, 5) is 19.2. The van der Waals surface area contributed by atoms with Gasteiger partial charge in [0.15, 0.2) is 0 Å². The van der Waals surface area contributed by atoms with E-state index in [4.69, 9.17) is 0 Å². The highest BCUT2D eigenvalue weighted by Gasteiger charge is 2.48. The number of aryl methyl sites for hydroxylation is 1. The first kappa shape index (κ1) is 13.5. The van der Waals surface area contributed by atoms with Crippen LogP contribution in [0.4, 0.5) is 0 Å². The van der Waals surface area contributed by atoms with Crippen molar-refractivity contribution in [2.24, 2.45) is 0 Å². The van der Waals surface area contributed by atoms with Gasteiger partial charge in [-0.05, 0) is 24.6 Å². The van der Waals surface area contributed by atoms with Gasteiger partial charge < -0.3 is 4.90 Å². The Morgan fingerprint density at radius 2 is 2.09 bits per heavy atom. The number of fused-ring (bicyclic) bond motifs is 2. The van der Waals surface area contributed by atoms with Crippen molar-refractivity contribution in [3.8, 4) is 0 Å². The molecule has 1 amide bonds. The third kappa shape index (κ3) is 2.03. The predicted octanol–water partition coefficient (Wildman–Crippen LogP) is 1.93. The van der Waals surface area contributed by atoms with Crippen molar-refractivity contribution < 1.29 is 4.79 Å². The number of rotatable bonds is 2. The lowest BCUT2D eigenvalue weighted by Crippen LogP contribution is -2.59. The van der Waals surface area contributed by atoms with E-state index in [1.54, 1.807) is 6.20 Å². The molecule has 22 heavy (non-hydrogen) atoms. The Balaban J connectivity index is 1.73. The summed E-state index contributed by atoms with van der Waals surface area (Å²) in [6.45, 7) is 3.69. The van der Waals surface area contributed by atoms with Crippen LogP contribution in [0, 0.1) is 6.92 Å². The van der Waals surface area contributed by atoms with Gasteiger partial charge in [0.25, 0.3) is 5.91 Å². The standard InChI is InChI=1S/C18H19N3O/c1-13-4-6-14(7-5-13)11-18-12-16-15(3-2-8-19-16)17(22)21(18)10-9-20-18/h2-8,20H,9-12H2,1H3/t18-/m1/s1. The van der Waals surface area contributed by atoms with Crippen LogP contribution >= 0.6 is 0 Å². The minimum absolute atomic E-state index is 0.103. The second-order valence-electron chi connectivity index (χ2n) is 6.25. The monoisotopic (exact) mass is 293 g/mol. The molecule has 0 radical (unpaired) electrons. The maximum atomic E-state index is 12.8. The number of aromatic nitrogens is 1. The minimum Gasteiger partial charge on any atom is -0.318 e. The fraction of sp³-hybridized carbons (Fsp3) is 0.333. The van der Waals surface area contributed by atoms with Crippen molar-refractivity contribution in [1.82, 2.24) is 15.2 Å². The molecule has 1 N–H and O–H groups in total. The quantitative estimate of drug-likeness (QED) is 0.920. The predicted molar refractivity (Wildman–Crippen MR) is 84.6 cm³/mol. The molecular weight excluding hydrogens is 274 g/mol. The SMILES string of the molecule is Cc1ccc(C[C@]23Cc4ncccc4C(=O)N2CCN3)cc1. The molecule has 2 aliphatic rings. The van der Waals surface area contributed by atoms with Crippen LogP contribution in [0.5, 0.6) is 0 Å². The first-order valence-corrected chi connectivity index (χ1v) is 7.74. The van der Waals surface area contributed by atoms with E-state index >= 15 is 0 Å². The normalized spacial score (nSPS) is 23.3. The number of carbonyl (C=O) groups is 1. The molecule has 1 atom stereocenters. The maximum absolute atomic E-state index is 12.8. The summed E-state index contributed by atoms with van der Waals surface area (Å²) in [5, 5.41) is 3.57. The van der Waals surface area contributed by atoms with Crippen LogP contribution in [-0.2, 0) is 12.8 Å². The fourth-order valence-electron chi connectivity index (χ4n) is 3.62. The average molecular weight is 293 g/mol. The lowest BCUT2D eigenvalue weighted by Gasteiger charge is -2.42. The van der Waals surface area contributed by atoms with Crippen LogP contribution in [0.2, 0.25) is 0 Å². The number of benzene rings is 1. The van der Waals surface area contributed by atoms with Crippen LogP contribution in [0.3, 0.4) is 0 Å². The summed E-state index contributed by atoms with van der Waals surface area (Å²) in [6, 6.07) is 12.3. The Labute approximate surface area is 130 Å². The first-order chi connectivity index (χ1) is 10.7. The van der Waals surface area contributed by atoms with Crippen molar-refractivity contribution in [1.29, 1.82) is 0 Å². The Morgan fingerprint density at radius 1 is 1.27 bits per heavy atom. The second kappa shape index (κ2) is 4.92. The van der Waals surface area contributed by atoms with Gasteiger partial charge in [-0.25, -0.2) is 0 Å². The highest BCUT2D eigenvalue weighted by molar-refractivity contribution is 5.97. The number of nitrogens with one attached hydrogen (secondary N) is 1. The van der Waals surface area contributed by atoms with Crippen molar-refractivity contribution in [3.05, 3.63) is 65.0 Å². The van der Waals surface area contributed by atoms with Gasteiger partial charge in [0.2, 0.25) is 0 Å². The van der Waals surface area contributed by atoms with Crippen molar-refractivity contribution >= 4 is 5.91 Å². The van der Waals surface area contributed by atoms with Crippen LogP contribution in [0.25, 0.3) is 0 Å². The van der Waals surface area contributed by atoms with Gasteiger partial charge in [0.05, 0.1) is 11.3 Å². The van der Waals surface area contributed by atoms with Crippen LogP contribution in [0.1, 0.15) is 27.2 Å². The van der Waals surface area contributed by atoms with Crippen LogP contribution < -0.4 is 5.32 Å². The maximum Gasteiger partial charge on any atom is 0.257 e. The molecule has 4 nitrogen and oxygen atoms in total. The number of hydrogen-bond donors (Lipinski definition) is 1. The highest BCUT2D eigenvalue weighted by atomic mass is 16.2. The summed E-state index contributed by atoms with van der Waals surface area (Å²) < 4.78 is 0. The molecule has 1 saturated heterocycles. The zero-order valence-electron chi connectivity index (χ0n) is 12.7. The molecule has 2 aliphatic heterocycles. The Kier molecular flexibility index (Phi) is 3.01. The smallest absolute Gasteiger partial charge is 0.257 e. The summed E-state index contributed by atoms with van der Waals surface area (Å²) in [5.41, 5.74) is 3.84. The molecule has 3 heterocycles. The van der Waals surface area contributed by atoms with Gasteiger partial charge in [-0.15, -0.1) is 0 Å². The molecule has 0 unspecified atom stereocenters. The van der Waals surface area contributed by atoms with Gasteiger partial charge >= 0.3 is 0 Å². The molecule has 0 spiro atoms. The van der Waals surface area contributed by atoms with Gasteiger partial charge in [0.1, 0.15) is 5.66 Å². The number of amides is 1. The first-order valence-electron chi connectivity index (χ1n) is 7.74. The van der Waals surface area contributed by atoms with E-state index in [-0.39, 0.29) is 11.6 Å². The van der Waals surface area contributed by atoms with Crippen molar-refractivity contribution in [3.63, 3.8) is 0 Å². The molecule has 0 aliphatic carbocycles. The number of nitrogens with zero attached hydrogens (tertiary/aromatic N) is 2. The van der Waals surface area contributed by atoms with E-state index in [0.717, 1.165) is 37.2 Å². The third-order valence-electron chi connectivity index (χ3n) is 4.75. The molecule has 0 saturated carbocycles. The molecule has 0 bridgehead atoms. The summed E-state index contributed by atoms with van der Waals surface area (Å²) in [7, 11) is 0. The van der Waals surface area contributed by atoms with E-state index in [9.17, 15) is 4.79 Å². The number of hydrogen-bond acceptors (Lipinski definition) is 3. The van der Waals surface area contributed by atoms with Crippen LogP contribution in [0.15, 0.2) is 42.6 Å². The van der Waals surface area contributed by atoms with Crippen molar-refractivity contribution in [2.45, 2.75) is 25.4 Å². The van der Waals surface area contributed by atoms with E-state index in [2.05, 4.69) is 41.5 Å². The number of carbonyl (C=O) groups excluding carboxylic acids is 1. The number of pyridine rings is 1. The lowest BCUT2D eigenvalue weighted by molar-refractivity contribution is 0.0507. The molecule has 1 aromatic carbocycles. The summed E-state index contributed by atoms with van der Waals surface area (Å²) in [6.07, 6.45) is 3.36. The van der Waals surface area contributed by atoms with Gasteiger partial charge in [0, 0.05) is 32.1 Å². The van der Waals surface area contributed by atoms with Crippen molar-refractivity contribution in [2.75, 3.05) is 13.1 Å². The molecule has 4 heteroatoms. The van der Waals surface area contributed by atoms with E-state index in [0.29, 0.717) is 0 Å². The fourth-order valence-corrected chi connectivity index (χ4v) is 3.62. The van der Waals surface area contributed by atoms with E-state index in [1.807, 2.05) is 17.0 Å². The zero-order valence-corrected chi connectivity index (χ0v) is 12.7. The molecule has 1 fully saturated rings. The summed E-state index contributed by atoms with van der Waals surface area (Å²) >= 11 is 0.